The molecular weight excluding hydrogens is 396 g/mol. The molecule has 154 valence electrons. The molecule has 4 rings (SSSR count). The highest BCUT2D eigenvalue weighted by molar-refractivity contribution is 6.51. The van der Waals surface area contributed by atoms with E-state index >= 15 is 0 Å². The Bertz CT molecular complexity index is 1230. The summed E-state index contributed by atoms with van der Waals surface area (Å²) in [6, 6.07) is 20.0. The summed E-state index contributed by atoms with van der Waals surface area (Å²) in [6.45, 7) is 1.84. The molecule has 1 atom stereocenters. The number of carbonyl (C=O) groups is 2. The van der Waals surface area contributed by atoms with Gasteiger partial charge in [-0.15, -0.1) is 0 Å². The lowest BCUT2D eigenvalue weighted by molar-refractivity contribution is -0.385. The fourth-order valence-electron chi connectivity index (χ4n) is 3.81. The Morgan fingerprint density at radius 1 is 0.968 bits per heavy atom. The number of nitro benzene ring substituents is 1. The zero-order valence-electron chi connectivity index (χ0n) is 16.6. The number of rotatable bonds is 4. The number of anilines is 1. The van der Waals surface area contributed by atoms with Crippen molar-refractivity contribution in [1.82, 2.24) is 0 Å². The summed E-state index contributed by atoms with van der Waals surface area (Å²) in [5.74, 6) is -2.13. The van der Waals surface area contributed by atoms with Crippen molar-refractivity contribution < 1.29 is 19.6 Å². The quantitative estimate of drug-likeness (QED) is 0.222. The maximum Gasteiger partial charge on any atom is 0.300 e. The second kappa shape index (κ2) is 7.87. The number of amides is 1. The molecular formula is C24H18N2O5. The van der Waals surface area contributed by atoms with Gasteiger partial charge in [0, 0.05) is 17.3 Å². The lowest BCUT2D eigenvalue weighted by atomic mass is 9.94. The van der Waals surface area contributed by atoms with E-state index in [-0.39, 0.29) is 22.6 Å². The van der Waals surface area contributed by atoms with Gasteiger partial charge in [-0.25, -0.2) is 0 Å². The minimum absolute atomic E-state index is 0.144. The van der Waals surface area contributed by atoms with Gasteiger partial charge < -0.3 is 5.11 Å². The van der Waals surface area contributed by atoms with Crippen LogP contribution in [0.3, 0.4) is 0 Å². The van der Waals surface area contributed by atoms with Crippen molar-refractivity contribution in [2.75, 3.05) is 4.90 Å². The van der Waals surface area contributed by atoms with Gasteiger partial charge in [-0.1, -0.05) is 54.6 Å². The van der Waals surface area contributed by atoms with E-state index in [1.807, 2.05) is 13.0 Å². The number of hydrogen-bond acceptors (Lipinski definition) is 5. The van der Waals surface area contributed by atoms with Crippen LogP contribution in [0.5, 0.6) is 0 Å². The Kier molecular flexibility index (Phi) is 5.09. The Morgan fingerprint density at radius 3 is 2.32 bits per heavy atom. The first-order valence-corrected chi connectivity index (χ1v) is 9.56. The predicted octanol–water partition coefficient (Wildman–Crippen LogP) is 4.53. The number of ketones is 1. The molecule has 31 heavy (non-hydrogen) atoms. The third-order valence-electron chi connectivity index (χ3n) is 5.20. The number of nitrogens with zero attached hydrogens (tertiary/aromatic N) is 2. The van der Waals surface area contributed by atoms with Crippen LogP contribution in [0.4, 0.5) is 11.4 Å². The number of aliphatic hydroxyl groups excluding tert-OH is 1. The van der Waals surface area contributed by atoms with Crippen LogP contribution in [0.15, 0.2) is 84.4 Å². The monoisotopic (exact) mass is 414 g/mol. The molecule has 0 bridgehead atoms. The van der Waals surface area contributed by atoms with Crippen LogP contribution >= 0.6 is 0 Å². The summed E-state index contributed by atoms with van der Waals surface area (Å²) in [5.41, 5.74) is 1.32. The standard InChI is InChI=1S/C24H18N2O5/c1-15-8-7-11-17(14-15)25-21(18-12-5-6-13-19(18)26(30)31)20(23(28)24(25)29)22(27)16-9-3-2-4-10-16/h2-14,21,27H,1H3/b22-20+/t21-/m1/s1. The van der Waals surface area contributed by atoms with Crippen LogP contribution in [0.2, 0.25) is 0 Å². The summed E-state index contributed by atoms with van der Waals surface area (Å²) in [7, 11) is 0. The zero-order chi connectivity index (χ0) is 22.1. The van der Waals surface area contributed by atoms with Crippen molar-refractivity contribution >= 4 is 28.8 Å². The molecule has 1 saturated heterocycles. The van der Waals surface area contributed by atoms with Crippen LogP contribution in [0, 0.1) is 17.0 Å². The Hall–Kier alpha value is -4.26. The van der Waals surface area contributed by atoms with Gasteiger partial charge in [0.05, 0.1) is 16.1 Å². The van der Waals surface area contributed by atoms with Gasteiger partial charge in [0.25, 0.3) is 17.4 Å². The van der Waals surface area contributed by atoms with Crippen LogP contribution in [-0.4, -0.2) is 21.7 Å². The first-order valence-electron chi connectivity index (χ1n) is 9.56. The van der Waals surface area contributed by atoms with Crippen molar-refractivity contribution in [3.05, 3.63) is 111 Å². The second-order valence-corrected chi connectivity index (χ2v) is 7.19. The maximum absolute atomic E-state index is 13.1. The van der Waals surface area contributed by atoms with Gasteiger partial charge in [0.2, 0.25) is 0 Å². The fraction of sp³-hybridized carbons (Fsp3) is 0.0833. The van der Waals surface area contributed by atoms with E-state index in [0.717, 1.165) is 5.56 Å². The lowest BCUT2D eigenvalue weighted by Gasteiger charge is -2.25. The predicted molar refractivity (Wildman–Crippen MR) is 116 cm³/mol. The summed E-state index contributed by atoms with van der Waals surface area (Å²) in [6.07, 6.45) is 0. The summed E-state index contributed by atoms with van der Waals surface area (Å²) in [4.78, 5) is 38.5. The van der Waals surface area contributed by atoms with Crippen LogP contribution in [0.1, 0.15) is 22.7 Å². The average Bonchev–Trinajstić information content (AvgIpc) is 3.04. The van der Waals surface area contributed by atoms with Crippen molar-refractivity contribution in [3.8, 4) is 0 Å². The number of aryl methyl sites for hydroxylation is 1. The van der Waals surface area contributed by atoms with E-state index in [1.165, 1.54) is 23.1 Å². The van der Waals surface area contributed by atoms with Gasteiger partial charge in [0.15, 0.2) is 0 Å². The smallest absolute Gasteiger partial charge is 0.300 e. The first-order chi connectivity index (χ1) is 14.9. The molecule has 3 aromatic rings. The molecule has 0 radical (unpaired) electrons. The number of aliphatic hydroxyl groups is 1. The summed E-state index contributed by atoms with van der Waals surface area (Å²) < 4.78 is 0. The molecule has 0 unspecified atom stereocenters. The van der Waals surface area contributed by atoms with E-state index < -0.39 is 22.7 Å². The molecule has 3 aromatic carbocycles. The van der Waals surface area contributed by atoms with E-state index in [9.17, 15) is 24.8 Å². The zero-order valence-corrected chi connectivity index (χ0v) is 16.6. The topological polar surface area (TPSA) is 101 Å². The third kappa shape index (κ3) is 3.46. The summed E-state index contributed by atoms with van der Waals surface area (Å²) in [5, 5.41) is 22.7. The largest absolute Gasteiger partial charge is 0.507 e. The SMILES string of the molecule is Cc1cccc(N2C(=O)C(=O)/C(=C(/O)c3ccccc3)[C@H]2c2ccccc2[N+](=O)[O-])c1. The molecule has 1 N–H and O–H groups in total. The first kappa shape index (κ1) is 20.0. The van der Waals surface area contributed by atoms with Gasteiger partial charge in [0.1, 0.15) is 11.8 Å². The minimum atomic E-state index is -1.15. The van der Waals surface area contributed by atoms with Crippen LogP contribution in [0.25, 0.3) is 5.76 Å². The van der Waals surface area contributed by atoms with E-state index in [1.54, 1.807) is 54.6 Å². The molecule has 0 aromatic heterocycles. The molecule has 0 saturated carbocycles. The van der Waals surface area contributed by atoms with Gasteiger partial charge in [-0.2, -0.15) is 0 Å². The highest BCUT2D eigenvalue weighted by Crippen LogP contribution is 2.44. The fourth-order valence-corrected chi connectivity index (χ4v) is 3.81. The second-order valence-electron chi connectivity index (χ2n) is 7.19. The third-order valence-corrected chi connectivity index (χ3v) is 5.20. The van der Waals surface area contributed by atoms with Crippen molar-refractivity contribution in [2.45, 2.75) is 13.0 Å². The highest BCUT2D eigenvalue weighted by atomic mass is 16.6. The van der Waals surface area contributed by atoms with Crippen LogP contribution < -0.4 is 4.90 Å². The van der Waals surface area contributed by atoms with E-state index in [2.05, 4.69) is 0 Å². The number of para-hydroxylation sites is 1. The van der Waals surface area contributed by atoms with Crippen molar-refractivity contribution in [2.24, 2.45) is 0 Å². The minimum Gasteiger partial charge on any atom is -0.507 e. The number of benzene rings is 3. The van der Waals surface area contributed by atoms with Crippen LogP contribution in [-0.2, 0) is 9.59 Å². The molecule has 1 fully saturated rings. The molecule has 7 heteroatoms. The van der Waals surface area contributed by atoms with E-state index in [0.29, 0.717) is 11.3 Å². The van der Waals surface area contributed by atoms with Crippen molar-refractivity contribution in [3.63, 3.8) is 0 Å². The molecule has 7 nitrogen and oxygen atoms in total. The van der Waals surface area contributed by atoms with Crippen molar-refractivity contribution in [1.29, 1.82) is 0 Å². The Morgan fingerprint density at radius 2 is 1.65 bits per heavy atom. The number of hydrogen-bond donors (Lipinski definition) is 1. The normalized spacial score (nSPS) is 17.7. The highest BCUT2D eigenvalue weighted by Gasteiger charge is 2.48. The lowest BCUT2D eigenvalue weighted by Crippen LogP contribution is -2.29. The number of nitro groups is 1. The van der Waals surface area contributed by atoms with Gasteiger partial charge in [-0.05, 0) is 30.7 Å². The van der Waals surface area contributed by atoms with E-state index in [4.69, 9.17) is 0 Å². The molecule has 1 amide bonds. The Labute approximate surface area is 178 Å². The molecule has 0 spiro atoms. The average molecular weight is 414 g/mol. The Balaban J connectivity index is 2.02. The molecule has 1 aliphatic heterocycles. The maximum atomic E-state index is 13.1. The molecule has 0 aliphatic carbocycles. The number of carbonyl (C=O) groups excluding carboxylic acids is 2. The molecule has 1 aliphatic rings. The van der Waals surface area contributed by atoms with Gasteiger partial charge in [-0.3, -0.25) is 24.6 Å². The summed E-state index contributed by atoms with van der Waals surface area (Å²) >= 11 is 0. The van der Waals surface area contributed by atoms with Gasteiger partial charge >= 0.3 is 0 Å². The number of Topliss-reactive ketones (excluding diaryl/α,β-unsaturated/α-hetero) is 1. The molecule has 1 heterocycles.